The molecule has 140 valence electrons. The number of rotatable bonds is 4. The van der Waals surface area contributed by atoms with E-state index in [-0.39, 0.29) is 17.2 Å². The zero-order valence-electron chi connectivity index (χ0n) is 16.0. The van der Waals surface area contributed by atoms with E-state index in [0.717, 1.165) is 42.5 Å². The maximum absolute atomic E-state index is 13.5. The van der Waals surface area contributed by atoms with Crippen LogP contribution >= 0.6 is 11.3 Å². The summed E-state index contributed by atoms with van der Waals surface area (Å²) in [5.41, 5.74) is 1.73. The molecule has 0 saturated carbocycles. The van der Waals surface area contributed by atoms with Gasteiger partial charge < -0.3 is 14.4 Å². The normalized spacial score (nSPS) is 26.7. The van der Waals surface area contributed by atoms with Crippen molar-refractivity contribution in [2.24, 2.45) is 5.41 Å². The number of carbonyl (C=O) groups excluding carboxylic acids is 1. The van der Waals surface area contributed by atoms with Gasteiger partial charge in [-0.2, -0.15) is 0 Å². The Balaban J connectivity index is 1.59. The van der Waals surface area contributed by atoms with Gasteiger partial charge >= 0.3 is 0 Å². The number of thiazole rings is 1. The first-order chi connectivity index (χ1) is 12.4. The monoisotopic (exact) mass is 373 g/mol. The fraction of sp³-hybridized carbons (Fsp3) is 0.632. The van der Waals surface area contributed by atoms with Crippen molar-refractivity contribution < 1.29 is 4.79 Å². The van der Waals surface area contributed by atoms with Crippen LogP contribution in [0.5, 0.6) is 0 Å². The molecule has 2 aromatic rings. The van der Waals surface area contributed by atoms with Gasteiger partial charge in [-0.25, -0.2) is 9.97 Å². The molecule has 2 fully saturated rings. The molecule has 1 spiro atoms. The highest BCUT2D eigenvalue weighted by atomic mass is 32.1. The fourth-order valence-corrected chi connectivity index (χ4v) is 5.09. The minimum Gasteiger partial charge on any atom is -0.336 e. The Morgan fingerprint density at radius 2 is 2.23 bits per heavy atom. The van der Waals surface area contributed by atoms with E-state index in [9.17, 15) is 4.79 Å². The number of hydrogen-bond donors (Lipinski definition) is 0. The van der Waals surface area contributed by atoms with Gasteiger partial charge in [0, 0.05) is 43.2 Å². The first-order valence-corrected chi connectivity index (χ1v) is 10.2. The van der Waals surface area contributed by atoms with E-state index in [1.807, 2.05) is 18.2 Å². The van der Waals surface area contributed by atoms with E-state index in [1.165, 1.54) is 0 Å². The maximum atomic E-state index is 13.5. The molecule has 0 radical (unpaired) electrons. The molecule has 4 rings (SSSR count). The molecule has 0 aliphatic carbocycles. The lowest BCUT2D eigenvalue weighted by molar-refractivity contribution is -0.136. The zero-order valence-corrected chi connectivity index (χ0v) is 16.8. The molecule has 0 bridgehead atoms. The van der Waals surface area contributed by atoms with Crippen molar-refractivity contribution in [1.82, 2.24) is 24.3 Å². The molecule has 2 saturated heterocycles. The number of amides is 1. The van der Waals surface area contributed by atoms with Crippen LogP contribution in [0.15, 0.2) is 17.9 Å². The van der Waals surface area contributed by atoms with Crippen molar-refractivity contribution in [2.75, 3.05) is 26.7 Å². The van der Waals surface area contributed by atoms with Crippen molar-refractivity contribution in [3.8, 4) is 0 Å². The van der Waals surface area contributed by atoms with E-state index < -0.39 is 0 Å². The van der Waals surface area contributed by atoms with Gasteiger partial charge in [0.15, 0.2) is 0 Å². The predicted octanol–water partition coefficient (Wildman–Crippen LogP) is 2.68. The van der Waals surface area contributed by atoms with Crippen LogP contribution in [0.4, 0.5) is 0 Å². The van der Waals surface area contributed by atoms with Crippen LogP contribution in [-0.4, -0.2) is 56.9 Å². The SMILES string of the molecule is Cc1nc(CN2CCC3(CN(C)CC3c3cn(C(C)C)cn3)C2=O)cs1. The fourth-order valence-electron chi connectivity index (χ4n) is 4.49. The average molecular weight is 374 g/mol. The quantitative estimate of drug-likeness (QED) is 0.827. The Hall–Kier alpha value is -1.73. The molecule has 2 atom stereocenters. The standard InChI is InChI=1S/C19H27N5OS/c1-13(2)24-9-17(20-12-24)16-8-22(4)11-19(16)5-6-23(18(19)25)7-15-10-26-14(3)21-15/h9-10,12-13,16H,5-8,11H2,1-4H3. The Kier molecular flexibility index (Phi) is 4.39. The van der Waals surface area contributed by atoms with E-state index >= 15 is 0 Å². The number of carbonyl (C=O) groups is 1. The Bertz CT molecular complexity index is 812. The lowest BCUT2D eigenvalue weighted by Crippen LogP contribution is -2.39. The molecule has 2 aliphatic rings. The van der Waals surface area contributed by atoms with Gasteiger partial charge in [-0.3, -0.25) is 4.79 Å². The lowest BCUT2D eigenvalue weighted by Gasteiger charge is -2.27. The second kappa shape index (κ2) is 6.46. The second-order valence-electron chi connectivity index (χ2n) is 8.08. The minimum atomic E-state index is -0.337. The smallest absolute Gasteiger partial charge is 0.231 e. The Morgan fingerprint density at radius 3 is 2.88 bits per heavy atom. The highest BCUT2D eigenvalue weighted by Crippen LogP contribution is 2.49. The van der Waals surface area contributed by atoms with Crippen LogP contribution in [0, 0.1) is 12.3 Å². The van der Waals surface area contributed by atoms with Gasteiger partial charge in [-0.1, -0.05) is 0 Å². The van der Waals surface area contributed by atoms with Crippen molar-refractivity contribution >= 4 is 17.2 Å². The maximum Gasteiger partial charge on any atom is 0.231 e. The molecule has 7 heteroatoms. The van der Waals surface area contributed by atoms with Gasteiger partial charge in [-0.05, 0) is 34.2 Å². The minimum absolute atomic E-state index is 0.169. The van der Waals surface area contributed by atoms with Crippen molar-refractivity contribution in [1.29, 1.82) is 0 Å². The van der Waals surface area contributed by atoms with Gasteiger partial charge in [0.25, 0.3) is 0 Å². The summed E-state index contributed by atoms with van der Waals surface area (Å²) >= 11 is 1.65. The third kappa shape index (κ3) is 2.87. The van der Waals surface area contributed by atoms with Gasteiger partial charge in [0.05, 0.1) is 34.7 Å². The molecular formula is C19H27N5OS. The van der Waals surface area contributed by atoms with Crippen LogP contribution in [0.25, 0.3) is 0 Å². The van der Waals surface area contributed by atoms with Crippen molar-refractivity contribution in [2.45, 2.75) is 45.7 Å². The summed E-state index contributed by atoms with van der Waals surface area (Å²) in [6, 6.07) is 0.384. The highest BCUT2D eigenvalue weighted by Gasteiger charge is 2.57. The number of aryl methyl sites for hydroxylation is 1. The van der Waals surface area contributed by atoms with Crippen LogP contribution in [-0.2, 0) is 11.3 Å². The molecule has 2 aliphatic heterocycles. The summed E-state index contributed by atoms with van der Waals surface area (Å²) in [5, 5.41) is 3.12. The second-order valence-corrected chi connectivity index (χ2v) is 9.14. The van der Waals surface area contributed by atoms with Crippen molar-refractivity contribution in [3.63, 3.8) is 0 Å². The van der Waals surface area contributed by atoms with Crippen LogP contribution in [0.1, 0.15) is 48.6 Å². The van der Waals surface area contributed by atoms with Crippen LogP contribution in [0.3, 0.4) is 0 Å². The molecule has 0 aromatic carbocycles. The summed E-state index contributed by atoms with van der Waals surface area (Å²) in [6.45, 7) is 9.46. The number of likely N-dealkylation sites (N-methyl/N-ethyl adjacent to an activating group) is 1. The Labute approximate surface area is 158 Å². The molecule has 1 amide bonds. The molecule has 26 heavy (non-hydrogen) atoms. The summed E-state index contributed by atoms with van der Waals surface area (Å²) in [5.74, 6) is 0.443. The zero-order chi connectivity index (χ0) is 18.5. The van der Waals surface area contributed by atoms with Crippen LogP contribution in [0.2, 0.25) is 0 Å². The first-order valence-electron chi connectivity index (χ1n) is 9.31. The van der Waals surface area contributed by atoms with E-state index in [0.29, 0.717) is 12.6 Å². The summed E-state index contributed by atoms with van der Waals surface area (Å²) in [4.78, 5) is 26.9. The van der Waals surface area contributed by atoms with E-state index in [1.54, 1.807) is 11.3 Å². The molecule has 2 aromatic heterocycles. The van der Waals surface area contributed by atoms with Gasteiger partial charge in [0.2, 0.25) is 5.91 Å². The number of hydrogen-bond acceptors (Lipinski definition) is 5. The summed E-state index contributed by atoms with van der Waals surface area (Å²) < 4.78 is 2.14. The van der Waals surface area contributed by atoms with Gasteiger partial charge in [0.1, 0.15) is 0 Å². The third-order valence-corrected chi connectivity index (χ3v) is 6.67. The van der Waals surface area contributed by atoms with Gasteiger partial charge in [-0.15, -0.1) is 11.3 Å². The number of likely N-dealkylation sites (tertiary alicyclic amines) is 2. The first kappa shape index (κ1) is 17.7. The molecule has 6 nitrogen and oxygen atoms in total. The number of nitrogens with zero attached hydrogens (tertiary/aromatic N) is 5. The average Bonchev–Trinajstić information content (AvgIpc) is 3.33. The molecular weight excluding hydrogens is 346 g/mol. The van der Waals surface area contributed by atoms with Crippen molar-refractivity contribution in [3.05, 3.63) is 34.3 Å². The Morgan fingerprint density at radius 1 is 1.42 bits per heavy atom. The summed E-state index contributed by atoms with van der Waals surface area (Å²) in [6.07, 6.45) is 4.94. The summed E-state index contributed by atoms with van der Waals surface area (Å²) in [7, 11) is 2.11. The van der Waals surface area contributed by atoms with E-state index in [4.69, 9.17) is 0 Å². The van der Waals surface area contributed by atoms with Crippen LogP contribution < -0.4 is 0 Å². The predicted molar refractivity (Wildman–Crippen MR) is 102 cm³/mol. The third-order valence-electron chi connectivity index (χ3n) is 5.85. The number of aromatic nitrogens is 3. The molecule has 0 N–H and O–H groups in total. The topological polar surface area (TPSA) is 54.3 Å². The largest absolute Gasteiger partial charge is 0.336 e. The molecule has 4 heterocycles. The molecule has 2 unspecified atom stereocenters. The number of imidazole rings is 1. The van der Waals surface area contributed by atoms with E-state index in [2.05, 4.69) is 51.9 Å². The lowest BCUT2D eigenvalue weighted by atomic mass is 9.75. The highest BCUT2D eigenvalue weighted by molar-refractivity contribution is 7.09.